The topological polar surface area (TPSA) is 49.3 Å². The molecule has 0 saturated heterocycles. The Labute approximate surface area is 103 Å². The minimum atomic E-state index is -0.0889. The Morgan fingerprint density at radius 1 is 1.24 bits per heavy atom. The maximum absolute atomic E-state index is 11.2. The molecule has 0 aromatic heterocycles. The normalized spacial score (nSPS) is 10.4. The SMILES string of the molecule is Cc1ccc(CCNC(=O)CCO)c(C)c1C. The van der Waals surface area contributed by atoms with E-state index in [1.807, 2.05) is 0 Å². The lowest BCUT2D eigenvalue weighted by atomic mass is 9.97. The number of hydrogen-bond donors (Lipinski definition) is 2. The van der Waals surface area contributed by atoms with Crippen LogP contribution in [0.15, 0.2) is 12.1 Å². The molecule has 0 saturated carbocycles. The summed E-state index contributed by atoms with van der Waals surface area (Å²) in [6.07, 6.45) is 1.02. The molecule has 1 amide bonds. The van der Waals surface area contributed by atoms with E-state index in [1.54, 1.807) is 0 Å². The van der Waals surface area contributed by atoms with Crippen LogP contribution < -0.4 is 5.32 Å². The molecule has 0 aliphatic heterocycles. The number of rotatable bonds is 5. The van der Waals surface area contributed by atoms with E-state index in [0.29, 0.717) is 6.54 Å². The van der Waals surface area contributed by atoms with Crippen molar-refractivity contribution >= 4 is 5.91 Å². The van der Waals surface area contributed by atoms with Crippen LogP contribution in [0, 0.1) is 20.8 Å². The fraction of sp³-hybridized carbons (Fsp3) is 0.500. The molecule has 1 aromatic carbocycles. The quantitative estimate of drug-likeness (QED) is 0.815. The number of carbonyl (C=O) groups is 1. The first kappa shape index (κ1) is 13.7. The number of aliphatic hydroxyl groups is 1. The molecule has 0 radical (unpaired) electrons. The molecule has 3 heteroatoms. The van der Waals surface area contributed by atoms with Crippen LogP contribution in [-0.2, 0) is 11.2 Å². The predicted molar refractivity (Wildman–Crippen MR) is 69.1 cm³/mol. The molecule has 0 fully saturated rings. The monoisotopic (exact) mass is 235 g/mol. The van der Waals surface area contributed by atoms with Crippen LogP contribution in [-0.4, -0.2) is 24.2 Å². The lowest BCUT2D eigenvalue weighted by molar-refractivity contribution is -0.121. The molecular weight excluding hydrogens is 214 g/mol. The van der Waals surface area contributed by atoms with Gasteiger partial charge in [-0.2, -0.15) is 0 Å². The zero-order valence-corrected chi connectivity index (χ0v) is 10.8. The first-order chi connectivity index (χ1) is 8.06. The molecule has 0 atom stereocenters. The van der Waals surface area contributed by atoms with Crippen molar-refractivity contribution < 1.29 is 9.90 Å². The van der Waals surface area contributed by atoms with Crippen molar-refractivity contribution in [2.45, 2.75) is 33.6 Å². The number of aliphatic hydroxyl groups excluding tert-OH is 1. The van der Waals surface area contributed by atoms with E-state index in [4.69, 9.17) is 5.11 Å². The molecule has 3 nitrogen and oxygen atoms in total. The summed E-state index contributed by atoms with van der Waals surface area (Å²) in [5.74, 6) is -0.0889. The van der Waals surface area contributed by atoms with E-state index in [0.717, 1.165) is 6.42 Å². The van der Waals surface area contributed by atoms with Crippen molar-refractivity contribution in [3.63, 3.8) is 0 Å². The van der Waals surface area contributed by atoms with Gasteiger partial charge in [0.1, 0.15) is 0 Å². The highest BCUT2D eigenvalue weighted by molar-refractivity contribution is 5.75. The minimum Gasteiger partial charge on any atom is -0.396 e. The Morgan fingerprint density at radius 3 is 2.59 bits per heavy atom. The number of amides is 1. The average Bonchev–Trinajstić information content (AvgIpc) is 2.29. The molecule has 0 bridgehead atoms. The van der Waals surface area contributed by atoms with Gasteiger partial charge in [-0.15, -0.1) is 0 Å². The fourth-order valence-electron chi connectivity index (χ4n) is 1.81. The van der Waals surface area contributed by atoms with Gasteiger partial charge >= 0.3 is 0 Å². The van der Waals surface area contributed by atoms with E-state index >= 15 is 0 Å². The third-order valence-corrected chi connectivity index (χ3v) is 3.23. The van der Waals surface area contributed by atoms with Gasteiger partial charge in [0.2, 0.25) is 5.91 Å². The van der Waals surface area contributed by atoms with Crippen LogP contribution in [0.3, 0.4) is 0 Å². The van der Waals surface area contributed by atoms with Crippen molar-refractivity contribution in [3.8, 4) is 0 Å². The lowest BCUT2D eigenvalue weighted by Crippen LogP contribution is -2.26. The molecule has 0 aliphatic carbocycles. The molecule has 0 heterocycles. The number of benzene rings is 1. The summed E-state index contributed by atoms with van der Waals surface area (Å²) >= 11 is 0. The third kappa shape index (κ3) is 3.86. The number of aryl methyl sites for hydroxylation is 1. The molecule has 94 valence electrons. The number of hydrogen-bond acceptors (Lipinski definition) is 2. The molecule has 17 heavy (non-hydrogen) atoms. The maximum atomic E-state index is 11.2. The summed E-state index contributed by atoms with van der Waals surface area (Å²) < 4.78 is 0. The van der Waals surface area contributed by atoms with Crippen LogP contribution in [0.4, 0.5) is 0 Å². The van der Waals surface area contributed by atoms with E-state index in [2.05, 4.69) is 38.2 Å². The van der Waals surface area contributed by atoms with Crippen molar-refractivity contribution in [3.05, 3.63) is 34.4 Å². The lowest BCUT2D eigenvalue weighted by Gasteiger charge is -2.11. The fourth-order valence-corrected chi connectivity index (χ4v) is 1.81. The predicted octanol–water partition coefficient (Wildman–Crippen LogP) is 1.65. The first-order valence-electron chi connectivity index (χ1n) is 5.99. The summed E-state index contributed by atoms with van der Waals surface area (Å²) in [5.41, 5.74) is 5.21. The van der Waals surface area contributed by atoms with E-state index in [1.165, 1.54) is 22.3 Å². The molecule has 1 rings (SSSR count). The van der Waals surface area contributed by atoms with Crippen molar-refractivity contribution in [2.75, 3.05) is 13.2 Å². The van der Waals surface area contributed by atoms with Crippen molar-refractivity contribution in [1.29, 1.82) is 0 Å². The van der Waals surface area contributed by atoms with Crippen LogP contribution in [0.5, 0.6) is 0 Å². The summed E-state index contributed by atoms with van der Waals surface area (Å²) in [4.78, 5) is 11.2. The number of nitrogens with one attached hydrogen (secondary N) is 1. The van der Waals surface area contributed by atoms with Crippen LogP contribution >= 0.6 is 0 Å². The van der Waals surface area contributed by atoms with Gasteiger partial charge in [0.15, 0.2) is 0 Å². The van der Waals surface area contributed by atoms with Gasteiger partial charge < -0.3 is 10.4 Å². The highest BCUT2D eigenvalue weighted by atomic mass is 16.3. The molecule has 0 spiro atoms. The molecule has 2 N–H and O–H groups in total. The van der Waals surface area contributed by atoms with E-state index < -0.39 is 0 Å². The second kappa shape index (κ2) is 6.40. The van der Waals surface area contributed by atoms with E-state index in [-0.39, 0.29) is 18.9 Å². The third-order valence-electron chi connectivity index (χ3n) is 3.23. The van der Waals surface area contributed by atoms with Gasteiger partial charge in [0.05, 0.1) is 6.61 Å². The Balaban J connectivity index is 2.53. The standard InChI is InChI=1S/C14H21NO2/c1-10-4-5-13(12(3)11(10)2)6-8-15-14(17)7-9-16/h4-5,16H,6-9H2,1-3H3,(H,15,17). The van der Waals surface area contributed by atoms with Crippen LogP contribution in [0.1, 0.15) is 28.7 Å². The average molecular weight is 235 g/mol. The summed E-state index contributed by atoms with van der Waals surface area (Å²) in [5, 5.41) is 11.4. The molecule has 1 aromatic rings. The van der Waals surface area contributed by atoms with Gasteiger partial charge in [0, 0.05) is 13.0 Å². The van der Waals surface area contributed by atoms with Crippen molar-refractivity contribution in [1.82, 2.24) is 5.32 Å². The minimum absolute atomic E-state index is 0.0888. The Morgan fingerprint density at radius 2 is 1.94 bits per heavy atom. The largest absolute Gasteiger partial charge is 0.396 e. The van der Waals surface area contributed by atoms with Crippen LogP contribution in [0.25, 0.3) is 0 Å². The van der Waals surface area contributed by atoms with Gasteiger partial charge in [-0.05, 0) is 49.4 Å². The smallest absolute Gasteiger partial charge is 0.222 e. The highest BCUT2D eigenvalue weighted by Crippen LogP contribution is 2.17. The zero-order valence-electron chi connectivity index (χ0n) is 10.8. The second-order valence-electron chi connectivity index (χ2n) is 4.37. The van der Waals surface area contributed by atoms with Gasteiger partial charge in [-0.1, -0.05) is 12.1 Å². The highest BCUT2D eigenvalue weighted by Gasteiger charge is 2.04. The molecule has 0 aliphatic rings. The van der Waals surface area contributed by atoms with Gasteiger partial charge in [0.25, 0.3) is 0 Å². The maximum Gasteiger partial charge on any atom is 0.222 e. The van der Waals surface area contributed by atoms with E-state index in [9.17, 15) is 4.79 Å². The molecule has 0 unspecified atom stereocenters. The first-order valence-corrected chi connectivity index (χ1v) is 5.99. The number of carbonyl (C=O) groups excluding carboxylic acids is 1. The summed E-state index contributed by atoms with van der Waals surface area (Å²) in [6.45, 7) is 6.89. The Kier molecular flexibility index (Phi) is 5.16. The molecular formula is C14H21NO2. The van der Waals surface area contributed by atoms with Crippen LogP contribution in [0.2, 0.25) is 0 Å². The van der Waals surface area contributed by atoms with Gasteiger partial charge in [-0.3, -0.25) is 4.79 Å². The second-order valence-corrected chi connectivity index (χ2v) is 4.37. The Bertz CT molecular complexity index is 399. The van der Waals surface area contributed by atoms with Crippen molar-refractivity contribution in [2.24, 2.45) is 0 Å². The summed E-state index contributed by atoms with van der Waals surface area (Å²) in [7, 11) is 0. The Hall–Kier alpha value is -1.35. The van der Waals surface area contributed by atoms with Gasteiger partial charge in [-0.25, -0.2) is 0 Å². The summed E-state index contributed by atoms with van der Waals surface area (Å²) in [6, 6.07) is 4.24. The zero-order chi connectivity index (χ0) is 12.8.